The van der Waals surface area contributed by atoms with E-state index in [0.717, 1.165) is 0 Å². The molecule has 4 N–H and O–H groups in total. The van der Waals surface area contributed by atoms with Crippen molar-refractivity contribution in [1.82, 2.24) is 0 Å². The summed E-state index contributed by atoms with van der Waals surface area (Å²) in [4.78, 5) is 12.7. The molecule has 1 amide bonds. The van der Waals surface area contributed by atoms with E-state index in [2.05, 4.69) is 5.32 Å². The molecule has 2 aromatic carbocycles. The summed E-state index contributed by atoms with van der Waals surface area (Å²) in [6.07, 6.45) is -0.500. The van der Waals surface area contributed by atoms with Crippen LogP contribution in [0.3, 0.4) is 0 Å². The van der Waals surface area contributed by atoms with Gasteiger partial charge in [0.1, 0.15) is 6.10 Å². The molecule has 2 aromatic rings. The number of aliphatic hydroxyl groups excluding tert-OH is 2. The number of benzene rings is 2. The maximum absolute atomic E-state index is 13.7. The quantitative estimate of drug-likeness (QED) is 0.340. The Kier molecular flexibility index (Phi) is 8.44. The van der Waals surface area contributed by atoms with E-state index >= 15 is 0 Å². The zero-order valence-corrected chi connectivity index (χ0v) is 22.3. The number of nitrogens with one attached hydrogen (secondary N) is 1. The molecular formula is C27H32F3NO7S. The van der Waals surface area contributed by atoms with Gasteiger partial charge in [0.05, 0.1) is 35.1 Å². The van der Waals surface area contributed by atoms with E-state index in [1.807, 2.05) is 0 Å². The second kappa shape index (κ2) is 11.2. The van der Waals surface area contributed by atoms with E-state index in [0.29, 0.717) is 30.5 Å². The molecule has 12 heteroatoms. The van der Waals surface area contributed by atoms with Crippen molar-refractivity contribution in [2.45, 2.75) is 67.5 Å². The summed E-state index contributed by atoms with van der Waals surface area (Å²) in [6.45, 7) is 2.77. The van der Waals surface area contributed by atoms with Crippen molar-refractivity contribution in [1.29, 1.82) is 0 Å². The Balaban J connectivity index is 1.50. The van der Waals surface area contributed by atoms with Crippen LogP contribution in [0.5, 0.6) is 0 Å². The number of carbonyl (C=O) groups is 1. The predicted octanol–water partition coefficient (Wildman–Crippen LogP) is 3.12. The van der Waals surface area contributed by atoms with Crippen LogP contribution in [0.25, 0.3) is 0 Å². The lowest BCUT2D eigenvalue weighted by atomic mass is 9.75. The fourth-order valence-corrected chi connectivity index (χ4v) is 7.78. The molecule has 0 spiro atoms. The Bertz CT molecular complexity index is 1310. The van der Waals surface area contributed by atoms with Crippen LogP contribution in [-0.2, 0) is 14.6 Å². The molecule has 2 aliphatic carbocycles. The predicted molar refractivity (Wildman–Crippen MR) is 135 cm³/mol. The molecule has 0 saturated heterocycles. The molecule has 2 aliphatic rings. The summed E-state index contributed by atoms with van der Waals surface area (Å²) in [6, 6.07) is 5.29. The first-order valence-electron chi connectivity index (χ1n) is 12.7. The van der Waals surface area contributed by atoms with Gasteiger partial charge in [0.25, 0.3) is 5.91 Å². The zero-order chi connectivity index (χ0) is 28.7. The van der Waals surface area contributed by atoms with Crippen LogP contribution >= 0.6 is 0 Å². The summed E-state index contributed by atoms with van der Waals surface area (Å²) in [5.41, 5.74) is -1.23. The smallest absolute Gasteiger partial charge is 0.255 e. The highest BCUT2D eigenvalue weighted by Gasteiger charge is 2.55. The molecule has 2 saturated carbocycles. The van der Waals surface area contributed by atoms with E-state index < -0.39 is 56.3 Å². The Morgan fingerprint density at radius 2 is 1.69 bits per heavy atom. The molecular weight excluding hydrogens is 539 g/mol. The van der Waals surface area contributed by atoms with Crippen LogP contribution in [0.4, 0.5) is 18.9 Å². The highest BCUT2D eigenvalue weighted by molar-refractivity contribution is 7.92. The molecule has 214 valence electrons. The summed E-state index contributed by atoms with van der Waals surface area (Å²) < 4.78 is 73.3. The lowest BCUT2D eigenvalue weighted by Crippen LogP contribution is -2.51. The molecule has 4 rings (SSSR count). The van der Waals surface area contributed by atoms with Crippen molar-refractivity contribution >= 4 is 21.4 Å². The van der Waals surface area contributed by atoms with E-state index in [1.54, 1.807) is 6.92 Å². The lowest BCUT2D eigenvalue weighted by molar-refractivity contribution is -0.129. The van der Waals surface area contributed by atoms with Gasteiger partial charge in [-0.05, 0) is 69.1 Å². The Hall–Kier alpha value is -2.51. The van der Waals surface area contributed by atoms with Gasteiger partial charge in [0.15, 0.2) is 27.3 Å². The first kappa shape index (κ1) is 29.5. The molecule has 2 unspecified atom stereocenters. The summed E-state index contributed by atoms with van der Waals surface area (Å²) in [5, 5.41) is 32.0. The van der Waals surface area contributed by atoms with E-state index in [-0.39, 0.29) is 54.0 Å². The van der Waals surface area contributed by atoms with Gasteiger partial charge in [0.2, 0.25) is 0 Å². The molecule has 2 bridgehead atoms. The molecule has 4 atom stereocenters. The number of rotatable bonds is 9. The van der Waals surface area contributed by atoms with E-state index in [1.165, 1.54) is 25.1 Å². The number of ether oxygens (including phenoxy) is 1. The first-order valence-corrected chi connectivity index (χ1v) is 14.2. The fourth-order valence-electron chi connectivity index (χ4n) is 5.64. The van der Waals surface area contributed by atoms with Crippen LogP contribution in [0.1, 0.15) is 48.5 Å². The standard InChI is InChI=1S/C27H32F3NO7S/c1-14-3-4-16(26(34)31-19-10-21(28)25(30)22(29)11-19)7-24(14)39(36,37)20-8-17-5-6-18(9-20)27(17,35)13-38-12-23(33)15(2)32/h3-4,7,10-11,15,17-18,20,23,32-33,35H,5-6,8-9,12-13H2,1-2H3,(H,31,34)/t15-,17?,18?,20?,23-,27?/m0/s1. The third-order valence-electron chi connectivity index (χ3n) is 7.99. The normalized spacial score (nSPS) is 26.3. The molecule has 39 heavy (non-hydrogen) atoms. The minimum absolute atomic E-state index is 0.0576. The maximum Gasteiger partial charge on any atom is 0.255 e. The number of aliphatic hydroxyl groups is 3. The first-order chi connectivity index (χ1) is 18.2. The Morgan fingerprint density at radius 3 is 2.26 bits per heavy atom. The van der Waals surface area contributed by atoms with E-state index in [9.17, 15) is 41.7 Å². The Morgan fingerprint density at radius 1 is 1.10 bits per heavy atom. The summed E-state index contributed by atoms with van der Waals surface area (Å²) >= 11 is 0. The second-order valence-electron chi connectivity index (χ2n) is 10.6. The third kappa shape index (κ3) is 5.85. The molecule has 0 aliphatic heterocycles. The average Bonchev–Trinajstić information content (AvgIpc) is 3.03. The highest BCUT2D eigenvalue weighted by Crippen LogP contribution is 2.52. The molecule has 0 radical (unpaired) electrons. The van der Waals surface area contributed by atoms with Crippen LogP contribution in [0.15, 0.2) is 35.2 Å². The number of hydrogen-bond acceptors (Lipinski definition) is 7. The zero-order valence-electron chi connectivity index (χ0n) is 21.5. The van der Waals surface area contributed by atoms with Gasteiger partial charge in [-0.3, -0.25) is 4.79 Å². The van der Waals surface area contributed by atoms with Crippen molar-refractivity contribution in [3.05, 3.63) is 58.9 Å². The number of sulfone groups is 1. The molecule has 8 nitrogen and oxygen atoms in total. The van der Waals surface area contributed by atoms with Crippen molar-refractivity contribution in [2.75, 3.05) is 18.5 Å². The molecule has 0 heterocycles. The van der Waals surface area contributed by atoms with Crippen LogP contribution in [0.2, 0.25) is 0 Å². The monoisotopic (exact) mass is 571 g/mol. The van der Waals surface area contributed by atoms with Crippen LogP contribution in [0, 0.1) is 36.2 Å². The third-order valence-corrected chi connectivity index (χ3v) is 10.3. The number of fused-ring (bicyclic) bond motifs is 2. The van der Waals surface area contributed by atoms with Crippen molar-refractivity contribution in [3.63, 3.8) is 0 Å². The number of amides is 1. The number of aryl methyl sites for hydroxylation is 1. The largest absolute Gasteiger partial charge is 0.391 e. The van der Waals surface area contributed by atoms with E-state index in [4.69, 9.17) is 4.74 Å². The van der Waals surface area contributed by atoms with Gasteiger partial charge in [-0.2, -0.15) is 0 Å². The number of carbonyl (C=O) groups excluding carboxylic acids is 1. The topological polar surface area (TPSA) is 133 Å². The van der Waals surface area contributed by atoms with Gasteiger partial charge >= 0.3 is 0 Å². The van der Waals surface area contributed by atoms with Crippen molar-refractivity contribution < 1.29 is 46.4 Å². The molecule has 0 aromatic heterocycles. The fraction of sp³-hybridized carbons (Fsp3) is 0.519. The lowest BCUT2D eigenvalue weighted by Gasteiger charge is -2.42. The van der Waals surface area contributed by atoms with Gasteiger partial charge < -0.3 is 25.4 Å². The number of halogens is 3. The summed E-state index contributed by atoms with van der Waals surface area (Å²) in [7, 11) is -3.94. The number of hydrogen-bond donors (Lipinski definition) is 4. The Labute approximate surface area is 224 Å². The minimum atomic E-state index is -3.94. The minimum Gasteiger partial charge on any atom is -0.391 e. The van der Waals surface area contributed by atoms with Crippen molar-refractivity contribution in [3.8, 4) is 0 Å². The highest BCUT2D eigenvalue weighted by atomic mass is 32.2. The number of anilines is 1. The van der Waals surface area contributed by atoms with Crippen molar-refractivity contribution in [2.24, 2.45) is 11.8 Å². The maximum atomic E-state index is 13.7. The SMILES string of the molecule is Cc1ccc(C(=O)Nc2cc(F)c(F)c(F)c2)cc1S(=O)(=O)C1CC2CCC(C1)C2(O)COC[C@H](O)[C@H](C)O. The van der Waals surface area contributed by atoms with Gasteiger partial charge in [0, 0.05) is 23.4 Å². The van der Waals surface area contributed by atoms with Gasteiger partial charge in [-0.15, -0.1) is 0 Å². The van der Waals surface area contributed by atoms with Crippen LogP contribution < -0.4 is 5.32 Å². The van der Waals surface area contributed by atoms with Gasteiger partial charge in [-0.1, -0.05) is 6.07 Å². The summed E-state index contributed by atoms with van der Waals surface area (Å²) in [5.74, 6) is -6.16. The van der Waals surface area contributed by atoms with Crippen LogP contribution in [-0.4, -0.2) is 65.9 Å². The average molecular weight is 572 g/mol. The second-order valence-corrected chi connectivity index (χ2v) is 12.8. The van der Waals surface area contributed by atoms with Gasteiger partial charge in [-0.25, -0.2) is 21.6 Å². The molecule has 2 fully saturated rings.